The van der Waals surface area contributed by atoms with Crippen molar-refractivity contribution in [2.75, 3.05) is 33.3 Å². The number of amides is 3. The lowest BCUT2D eigenvalue weighted by Crippen LogP contribution is -2.58. The first kappa shape index (κ1) is 30.7. The predicted molar refractivity (Wildman–Crippen MR) is 169 cm³/mol. The van der Waals surface area contributed by atoms with Gasteiger partial charge in [0, 0.05) is 49.2 Å². The van der Waals surface area contributed by atoms with Crippen LogP contribution >= 0.6 is 23.2 Å². The summed E-state index contributed by atoms with van der Waals surface area (Å²) in [7, 11) is 1.60. The van der Waals surface area contributed by atoms with Crippen LogP contribution in [0, 0.1) is 0 Å². The third kappa shape index (κ3) is 6.04. The van der Waals surface area contributed by atoms with E-state index in [9.17, 15) is 9.59 Å². The van der Waals surface area contributed by atoms with Crippen molar-refractivity contribution in [3.05, 3.63) is 93.5 Å². The van der Waals surface area contributed by atoms with E-state index < -0.39 is 11.6 Å². The molecule has 2 unspecified atom stereocenters. The Kier molecular flexibility index (Phi) is 8.90. The molecule has 43 heavy (non-hydrogen) atoms. The molecule has 10 heteroatoms. The standard InChI is InChI=1S/C33H36Cl2N4O4/c1-21(2)43-29-20-27(42-5)14-15-28(29)31-36-30(23-6-10-25(34)11-7-23)33(4,24-8-12-26(35)13-9-24)39(31)32(41)38-18-16-37(17-19-38)22(3)40/h6-15,20-21,30H,16-19H2,1-5H3. The summed E-state index contributed by atoms with van der Waals surface area (Å²) < 4.78 is 11.8. The van der Waals surface area contributed by atoms with Crippen LogP contribution in [0.4, 0.5) is 4.79 Å². The van der Waals surface area contributed by atoms with E-state index in [4.69, 9.17) is 37.7 Å². The van der Waals surface area contributed by atoms with Crippen LogP contribution in [0.25, 0.3) is 0 Å². The van der Waals surface area contributed by atoms with E-state index in [0.29, 0.717) is 59.1 Å². The van der Waals surface area contributed by atoms with Crippen LogP contribution in [0.15, 0.2) is 71.7 Å². The lowest BCUT2D eigenvalue weighted by Gasteiger charge is -2.44. The second-order valence-electron chi connectivity index (χ2n) is 11.2. The molecule has 3 aromatic carbocycles. The Hall–Kier alpha value is -3.75. The third-order valence-corrected chi connectivity index (χ3v) is 8.56. The summed E-state index contributed by atoms with van der Waals surface area (Å²) in [6.45, 7) is 9.22. The number of benzene rings is 3. The highest BCUT2D eigenvalue weighted by atomic mass is 35.5. The van der Waals surface area contributed by atoms with Crippen LogP contribution in [0.5, 0.6) is 11.5 Å². The highest BCUT2D eigenvalue weighted by molar-refractivity contribution is 6.30. The number of halogens is 2. The van der Waals surface area contributed by atoms with Gasteiger partial charge in [-0.2, -0.15) is 0 Å². The molecule has 1 saturated heterocycles. The normalized spacial score (nSPS) is 20.3. The number of hydrogen-bond donors (Lipinski definition) is 0. The average Bonchev–Trinajstić information content (AvgIpc) is 3.30. The summed E-state index contributed by atoms with van der Waals surface area (Å²) in [5, 5.41) is 1.20. The number of piperazine rings is 1. The molecule has 0 N–H and O–H groups in total. The van der Waals surface area contributed by atoms with Gasteiger partial charge in [0.15, 0.2) is 0 Å². The molecule has 5 rings (SSSR count). The number of carbonyl (C=O) groups is 2. The van der Waals surface area contributed by atoms with Crippen LogP contribution in [0.3, 0.4) is 0 Å². The molecule has 2 heterocycles. The molecule has 3 aromatic rings. The van der Waals surface area contributed by atoms with E-state index in [2.05, 4.69) is 0 Å². The summed E-state index contributed by atoms with van der Waals surface area (Å²) in [5.41, 5.74) is 1.47. The molecule has 0 radical (unpaired) electrons. The molecule has 226 valence electrons. The minimum absolute atomic E-state index is 0.00182. The van der Waals surface area contributed by atoms with Gasteiger partial charge in [0.1, 0.15) is 23.4 Å². The number of urea groups is 1. The highest BCUT2D eigenvalue weighted by Gasteiger charge is 2.53. The van der Waals surface area contributed by atoms with Crippen LogP contribution in [0.2, 0.25) is 10.0 Å². The molecule has 2 aliphatic heterocycles. The van der Waals surface area contributed by atoms with Crippen molar-refractivity contribution in [3.63, 3.8) is 0 Å². The van der Waals surface area contributed by atoms with Gasteiger partial charge in [-0.15, -0.1) is 0 Å². The van der Waals surface area contributed by atoms with E-state index in [1.54, 1.807) is 28.7 Å². The van der Waals surface area contributed by atoms with Gasteiger partial charge in [-0.1, -0.05) is 47.5 Å². The van der Waals surface area contributed by atoms with Gasteiger partial charge in [-0.05, 0) is 68.3 Å². The van der Waals surface area contributed by atoms with Crippen molar-refractivity contribution in [3.8, 4) is 11.5 Å². The van der Waals surface area contributed by atoms with Crippen LogP contribution in [-0.2, 0) is 10.3 Å². The summed E-state index contributed by atoms with van der Waals surface area (Å²) >= 11 is 12.6. The maximum atomic E-state index is 14.8. The lowest BCUT2D eigenvalue weighted by atomic mass is 9.80. The first-order chi connectivity index (χ1) is 20.5. The second kappa shape index (κ2) is 12.5. The minimum Gasteiger partial charge on any atom is -0.497 e. The summed E-state index contributed by atoms with van der Waals surface area (Å²) in [6, 6.07) is 20.0. The SMILES string of the molecule is COc1ccc(C2=NC(c3ccc(Cl)cc3)C(C)(c3ccc(Cl)cc3)N2C(=O)N2CCN(C(C)=O)CC2)c(OC(C)C)c1. The first-order valence-electron chi connectivity index (χ1n) is 14.3. The molecule has 3 amide bonds. The first-order valence-corrected chi connectivity index (χ1v) is 15.1. The number of hydrogen-bond acceptors (Lipinski definition) is 5. The monoisotopic (exact) mass is 622 g/mol. The Morgan fingerprint density at radius 1 is 0.907 bits per heavy atom. The Morgan fingerprint density at radius 3 is 2.05 bits per heavy atom. The van der Waals surface area contributed by atoms with Crippen molar-refractivity contribution in [1.29, 1.82) is 0 Å². The zero-order valence-electron chi connectivity index (χ0n) is 25.0. The lowest BCUT2D eigenvalue weighted by molar-refractivity contribution is -0.130. The molecule has 2 aliphatic rings. The number of rotatable bonds is 6. The quantitative estimate of drug-likeness (QED) is 0.303. The van der Waals surface area contributed by atoms with Gasteiger partial charge in [0.2, 0.25) is 5.91 Å². The molecular weight excluding hydrogens is 587 g/mol. The van der Waals surface area contributed by atoms with Gasteiger partial charge >= 0.3 is 6.03 Å². The molecule has 1 fully saturated rings. The van der Waals surface area contributed by atoms with Gasteiger partial charge in [-0.25, -0.2) is 4.79 Å². The van der Waals surface area contributed by atoms with E-state index in [-0.39, 0.29) is 18.0 Å². The topological polar surface area (TPSA) is 74.7 Å². The van der Waals surface area contributed by atoms with Gasteiger partial charge in [0.05, 0.1) is 24.3 Å². The van der Waals surface area contributed by atoms with Crippen molar-refractivity contribution in [2.24, 2.45) is 4.99 Å². The van der Waals surface area contributed by atoms with E-state index in [0.717, 1.165) is 11.1 Å². The fourth-order valence-electron chi connectivity index (χ4n) is 5.77. The van der Waals surface area contributed by atoms with Crippen molar-refractivity contribution >= 4 is 41.0 Å². The number of nitrogens with zero attached hydrogens (tertiary/aromatic N) is 4. The molecule has 0 aliphatic carbocycles. The Labute approximate surface area is 262 Å². The van der Waals surface area contributed by atoms with Crippen LogP contribution < -0.4 is 9.47 Å². The number of aliphatic imine (C=N–C) groups is 1. The number of ether oxygens (including phenoxy) is 2. The summed E-state index contributed by atoms with van der Waals surface area (Å²) in [5.74, 6) is 1.67. The van der Waals surface area contributed by atoms with Crippen LogP contribution in [0.1, 0.15) is 50.4 Å². The summed E-state index contributed by atoms with van der Waals surface area (Å²) in [4.78, 5) is 37.4. The fourth-order valence-corrected chi connectivity index (χ4v) is 6.02. The highest BCUT2D eigenvalue weighted by Crippen LogP contribution is 2.50. The van der Waals surface area contributed by atoms with Gasteiger partial charge in [0.25, 0.3) is 0 Å². The fraction of sp³-hybridized carbons (Fsp3) is 0.364. The molecular formula is C33H36Cl2N4O4. The maximum absolute atomic E-state index is 14.8. The predicted octanol–water partition coefficient (Wildman–Crippen LogP) is 6.79. The molecule has 2 atom stereocenters. The zero-order chi connectivity index (χ0) is 30.9. The van der Waals surface area contributed by atoms with Crippen molar-refractivity contribution in [2.45, 2.75) is 45.4 Å². The Morgan fingerprint density at radius 2 is 1.49 bits per heavy atom. The van der Waals surface area contributed by atoms with Gasteiger partial charge < -0.3 is 19.3 Å². The summed E-state index contributed by atoms with van der Waals surface area (Å²) in [6.07, 6.45) is -0.133. The van der Waals surface area contributed by atoms with E-state index >= 15 is 0 Å². The Balaban J connectivity index is 1.71. The van der Waals surface area contributed by atoms with E-state index in [1.807, 2.05) is 87.5 Å². The second-order valence-corrected chi connectivity index (χ2v) is 12.1. The Bertz CT molecular complexity index is 1520. The molecule has 0 spiro atoms. The maximum Gasteiger partial charge on any atom is 0.326 e. The average molecular weight is 624 g/mol. The molecule has 0 aromatic heterocycles. The number of amidine groups is 1. The van der Waals surface area contributed by atoms with Crippen LogP contribution in [-0.4, -0.2) is 71.9 Å². The minimum atomic E-state index is -0.961. The van der Waals surface area contributed by atoms with Gasteiger partial charge in [-0.3, -0.25) is 14.7 Å². The van der Waals surface area contributed by atoms with E-state index in [1.165, 1.54) is 0 Å². The zero-order valence-corrected chi connectivity index (χ0v) is 26.5. The van der Waals surface area contributed by atoms with Crippen molar-refractivity contribution < 1.29 is 19.1 Å². The molecule has 8 nitrogen and oxygen atoms in total. The number of carbonyl (C=O) groups excluding carboxylic acids is 2. The third-order valence-electron chi connectivity index (χ3n) is 8.05. The number of methoxy groups -OCH3 is 1. The smallest absolute Gasteiger partial charge is 0.326 e. The largest absolute Gasteiger partial charge is 0.497 e. The molecule has 0 saturated carbocycles. The van der Waals surface area contributed by atoms with Crippen molar-refractivity contribution in [1.82, 2.24) is 14.7 Å². The molecule has 0 bridgehead atoms.